The quantitative estimate of drug-likeness (QED) is 0.872. The largest absolute Gasteiger partial charge is 0.353 e. The van der Waals surface area contributed by atoms with Crippen LogP contribution in [0.1, 0.15) is 21.5 Å². The molecule has 0 bridgehead atoms. The second-order valence-electron chi connectivity index (χ2n) is 5.52. The van der Waals surface area contributed by atoms with Crippen LogP contribution in [0.2, 0.25) is 0 Å². The third-order valence-electron chi connectivity index (χ3n) is 3.92. The van der Waals surface area contributed by atoms with E-state index in [1.165, 1.54) is 0 Å². The number of nitrogens with one attached hydrogen (secondary N) is 1. The highest BCUT2D eigenvalue weighted by Crippen LogP contribution is 2.20. The molecule has 5 nitrogen and oxygen atoms in total. The summed E-state index contributed by atoms with van der Waals surface area (Å²) in [5.41, 5.74) is 2.07. The van der Waals surface area contributed by atoms with Crippen LogP contribution in [0.15, 0.2) is 42.6 Å². The van der Waals surface area contributed by atoms with Crippen LogP contribution in [0.5, 0.6) is 0 Å². The number of ketones is 1. The average molecular weight is 306 g/mol. The van der Waals surface area contributed by atoms with E-state index >= 15 is 0 Å². The molecule has 0 radical (unpaired) electrons. The molecule has 1 N–H and O–H groups in total. The molecule has 0 amide bonds. The van der Waals surface area contributed by atoms with Crippen LogP contribution >= 0.6 is 0 Å². The van der Waals surface area contributed by atoms with E-state index < -0.39 is 0 Å². The van der Waals surface area contributed by atoms with E-state index in [9.17, 15) is 4.79 Å². The number of nitriles is 1. The van der Waals surface area contributed by atoms with Gasteiger partial charge in [0.1, 0.15) is 5.82 Å². The smallest absolute Gasteiger partial charge is 0.170 e. The maximum absolute atomic E-state index is 12.7. The van der Waals surface area contributed by atoms with Crippen molar-refractivity contribution in [2.45, 2.75) is 6.42 Å². The number of carbonyl (C=O) groups is 1. The van der Waals surface area contributed by atoms with Crippen LogP contribution < -0.4 is 10.2 Å². The average Bonchev–Trinajstić information content (AvgIpc) is 2.62. The van der Waals surface area contributed by atoms with Gasteiger partial charge in [-0.2, -0.15) is 5.26 Å². The summed E-state index contributed by atoms with van der Waals surface area (Å²) >= 11 is 0. The number of rotatable bonds is 4. The van der Waals surface area contributed by atoms with Crippen molar-refractivity contribution in [3.8, 4) is 6.07 Å². The Labute approximate surface area is 135 Å². The van der Waals surface area contributed by atoms with Gasteiger partial charge in [0.15, 0.2) is 5.78 Å². The number of anilines is 1. The summed E-state index contributed by atoms with van der Waals surface area (Å²) in [5.74, 6) is 0.789. The molecular weight excluding hydrogens is 288 g/mol. The molecule has 116 valence electrons. The standard InChI is InChI=1S/C18H18N4O/c19-13-15-4-1-3-14(11-15)12-17(23)16-5-2-6-21-18(16)22-9-7-20-8-10-22/h1-6,11,20H,7-10,12H2. The van der Waals surface area contributed by atoms with E-state index in [1.54, 1.807) is 24.4 Å². The molecule has 5 heteroatoms. The third kappa shape index (κ3) is 3.55. The van der Waals surface area contributed by atoms with Crippen molar-refractivity contribution in [3.05, 3.63) is 59.3 Å². The van der Waals surface area contributed by atoms with Crippen molar-refractivity contribution < 1.29 is 4.79 Å². The molecule has 2 aromatic rings. The van der Waals surface area contributed by atoms with Gasteiger partial charge in [-0.05, 0) is 29.8 Å². The predicted octanol–water partition coefficient (Wildman–Crippen LogP) is 1.79. The molecule has 0 aliphatic carbocycles. The van der Waals surface area contributed by atoms with Crippen molar-refractivity contribution >= 4 is 11.6 Å². The van der Waals surface area contributed by atoms with Gasteiger partial charge in [0.2, 0.25) is 0 Å². The first-order valence-corrected chi connectivity index (χ1v) is 7.71. The minimum Gasteiger partial charge on any atom is -0.353 e. The molecular formula is C18H18N4O. The molecule has 23 heavy (non-hydrogen) atoms. The van der Waals surface area contributed by atoms with Crippen LogP contribution in [-0.4, -0.2) is 36.9 Å². The SMILES string of the molecule is N#Cc1cccc(CC(=O)c2cccnc2N2CCNCC2)c1. The Balaban J connectivity index is 1.83. The Hall–Kier alpha value is -2.71. The summed E-state index contributed by atoms with van der Waals surface area (Å²) in [7, 11) is 0. The zero-order chi connectivity index (χ0) is 16.1. The number of aromatic nitrogens is 1. The highest BCUT2D eigenvalue weighted by molar-refractivity contribution is 6.01. The molecule has 1 aromatic carbocycles. The van der Waals surface area contributed by atoms with Crippen molar-refractivity contribution in [1.82, 2.24) is 10.3 Å². The van der Waals surface area contributed by atoms with E-state index in [0.717, 1.165) is 37.6 Å². The van der Waals surface area contributed by atoms with E-state index in [1.807, 2.05) is 18.2 Å². The van der Waals surface area contributed by atoms with Crippen molar-refractivity contribution in [3.63, 3.8) is 0 Å². The zero-order valence-corrected chi connectivity index (χ0v) is 12.8. The normalized spacial score (nSPS) is 14.3. The Morgan fingerprint density at radius 1 is 1.26 bits per heavy atom. The highest BCUT2D eigenvalue weighted by atomic mass is 16.1. The summed E-state index contributed by atoms with van der Waals surface area (Å²) in [6.45, 7) is 3.49. The van der Waals surface area contributed by atoms with Crippen molar-refractivity contribution in [1.29, 1.82) is 5.26 Å². The maximum atomic E-state index is 12.7. The van der Waals surface area contributed by atoms with Gasteiger partial charge < -0.3 is 10.2 Å². The molecule has 0 atom stereocenters. The predicted molar refractivity (Wildman–Crippen MR) is 88.5 cm³/mol. The second kappa shape index (κ2) is 7.03. The van der Waals surface area contributed by atoms with Gasteiger partial charge in [-0.1, -0.05) is 12.1 Å². The van der Waals surface area contributed by atoms with Crippen LogP contribution in [0.3, 0.4) is 0 Å². The Morgan fingerprint density at radius 3 is 2.87 bits per heavy atom. The molecule has 0 spiro atoms. The molecule has 1 aliphatic rings. The second-order valence-corrected chi connectivity index (χ2v) is 5.52. The fourth-order valence-electron chi connectivity index (χ4n) is 2.77. The first kappa shape index (κ1) is 15.2. The van der Waals surface area contributed by atoms with Crippen molar-refractivity contribution in [2.24, 2.45) is 0 Å². The van der Waals surface area contributed by atoms with Crippen LogP contribution in [0, 0.1) is 11.3 Å². The maximum Gasteiger partial charge on any atom is 0.170 e. The molecule has 2 heterocycles. The fourth-order valence-corrected chi connectivity index (χ4v) is 2.77. The van der Waals surface area contributed by atoms with E-state index in [-0.39, 0.29) is 12.2 Å². The highest BCUT2D eigenvalue weighted by Gasteiger charge is 2.19. The Kier molecular flexibility index (Phi) is 4.65. The molecule has 1 fully saturated rings. The monoisotopic (exact) mass is 306 g/mol. The summed E-state index contributed by atoms with van der Waals surface area (Å²) in [6.07, 6.45) is 2.00. The van der Waals surface area contributed by atoms with E-state index in [2.05, 4.69) is 21.3 Å². The van der Waals surface area contributed by atoms with Crippen LogP contribution in [0.25, 0.3) is 0 Å². The van der Waals surface area contributed by atoms with Gasteiger partial charge in [0.25, 0.3) is 0 Å². The van der Waals surface area contributed by atoms with Crippen LogP contribution in [0.4, 0.5) is 5.82 Å². The molecule has 0 saturated carbocycles. The summed E-state index contributed by atoms with van der Waals surface area (Å²) in [4.78, 5) is 19.3. The van der Waals surface area contributed by atoms with Crippen molar-refractivity contribution in [2.75, 3.05) is 31.1 Å². The minimum absolute atomic E-state index is 0.0294. The first-order valence-electron chi connectivity index (χ1n) is 7.71. The molecule has 0 unspecified atom stereocenters. The lowest BCUT2D eigenvalue weighted by Crippen LogP contribution is -2.44. The zero-order valence-electron chi connectivity index (χ0n) is 12.8. The molecule has 1 aliphatic heterocycles. The number of carbonyl (C=O) groups excluding carboxylic acids is 1. The van der Waals surface area contributed by atoms with Gasteiger partial charge in [0.05, 0.1) is 17.2 Å². The molecule has 1 aromatic heterocycles. The third-order valence-corrected chi connectivity index (χ3v) is 3.92. The Morgan fingerprint density at radius 2 is 2.09 bits per heavy atom. The number of Topliss-reactive ketones (excluding diaryl/α,β-unsaturated/α-hetero) is 1. The van der Waals surface area contributed by atoms with E-state index in [0.29, 0.717) is 11.1 Å². The number of hydrogen-bond donors (Lipinski definition) is 1. The number of pyridine rings is 1. The Bertz CT molecular complexity index is 745. The first-order chi connectivity index (χ1) is 11.3. The van der Waals surface area contributed by atoms with Gasteiger partial charge in [-0.15, -0.1) is 0 Å². The number of benzene rings is 1. The fraction of sp³-hybridized carbons (Fsp3) is 0.278. The minimum atomic E-state index is 0.0294. The lowest BCUT2D eigenvalue weighted by Gasteiger charge is -2.29. The number of nitrogens with zero attached hydrogens (tertiary/aromatic N) is 3. The summed E-state index contributed by atoms with van der Waals surface area (Å²) < 4.78 is 0. The summed E-state index contributed by atoms with van der Waals surface area (Å²) in [5, 5.41) is 12.3. The number of piperazine rings is 1. The number of hydrogen-bond acceptors (Lipinski definition) is 5. The topological polar surface area (TPSA) is 69.0 Å². The van der Waals surface area contributed by atoms with Gasteiger partial charge in [0, 0.05) is 38.8 Å². The lowest BCUT2D eigenvalue weighted by atomic mass is 10.0. The molecule has 1 saturated heterocycles. The van der Waals surface area contributed by atoms with Gasteiger partial charge >= 0.3 is 0 Å². The van der Waals surface area contributed by atoms with Gasteiger partial charge in [-0.25, -0.2) is 4.98 Å². The van der Waals surface area contributed by atoms with Gasteiger partial charge in [-0.3, -0.25) is 4.79 Å². The van der Waals surface area contributed by atoms with Crippen LogP contribution in [-0.2, 0) is 6.42 Å². The lowest BCUT2D eigenvalue weighted by molar-refractivity contribution is 0.0993. The van der Waals surface area contributed by atoms with E-state index in [4.69, 9.17) is 5.26 Å². The summed E-state index contributed by atoms with van der Waals surface area (Å²) in [6, 6.07) is 12.9. The molecule has 3 rings (SSSR count).